The fourth-order valence-electron chi connectivity index (χ4n) is 3.88. The SMILES string of the molecule is CCNC(=NCc1ccnc(OC2CCCC2)c1)N1CCC(C(=O)OC)CC1.I. The van der Waals surface area contributed by atoms with Gasteiger partial charge in [-0.05, 0) is 57.1 Å². The van der Waals surface area contributed by atoms with Gasteiger partial charge in [-0.3, -0.25) is 4.79 Å². The van der Waals surface area contributed by atoms with Crippen molar-refractivity contribution in [3.63, 3.8) is 0 Å². The molecule has 1 saturated heterocycles. The summed E-state index contributed by atoms with van der Waals surface area (Å²) in [6, 6.07) is 3.98. The number of methoxy groups -OCH3 is 1. The van der Waals surface area contributed by atoms with Gasteiger partial charge in [-0.1, -0.05) is 0 Å². The Bertz CT molecular complexity index is 672. The quantitative estimate of drug-likeness (QED) is 0.271. The van der Waals surface area contributed by atoms with Crippen LogP contribution in [0.3, 0.4) is 0 Å². The first kappa shape index (κ1) is 23.7. The van der Waals surface area contributed by atoms with Crippen molar-refractivity contribution in [2.75, 3.05) is 26.7 Å². The molecule has 0 aromatic carbocycles. The van der Waals surface area contributed by atoms with Gasteiger partial charge in [-0.2, -0.15) is 0 Å². The number of hydrogen-bond acceptors (Lipinski definition) is 5. The van der Waals surface area contributed by atoms with E-state index >= 15 is 0 Å². The van der Waals surface area contributed by atoms with Crippen molar-refractivity contribution >= 4 is 35.9 Å². The van der Waals surface area contributed by atoms with Gasteiger partial charge >= 0.3 is 5.97 Å². The zero-order chi connectivity index (χ0) is 19.8. The van der Waals surface area contributed by atoms with Crippen LogP contribution in [0.25, 0.3) is 0 Å². The summed E-state index contributed by atoms with van der Waals surface area (Å²) in [5, 5.41) is 3.37. The minimum Gasteiger partial charge on any atom is -0.474 e. The molecule has 0 atom stereocenters. The number of nitrogens with zero attached hydrogens (tertiary/aromatic N) is 3. The van der Waals surface area contributed by atoms with E-state index in [2.05, 4.69) is 22.1 Å². The Kier molecular flexibility index (Phi) is 9.96. The van der Waals surface area contributed by atoms with Gasteiger partial charge in [0.25, 0.3) is 0 Å². The Balaban J connectivity index is 0.00000300. The summed E-state index contributed by atoms with van der Waals surface area (Å²) in [5.41, 5.74) is 1.09. The number of likely N-dealkylation sites (tertiary alicyclic amines) is 1. The molecule has 29 heavy (non-hydrogen) atoms. The number of rotatable bonds is 6. The largest absolute Gasteiger partial charge is 0.474 e. The van der Waals surface area contributed by atoms with E-state index in [0.29, 0.717) is 18.5 Å². The van der Waals surface area contributed by atoms with Crippen LogP contribution in [0.1, 0.15) is 51.0 Å². The molecule has 0 amide bonds. The number of carbonyl (C=O) groups is 1. The number of guanidine groups is 1. The molecule has 0 spiro atoms. The number of ether oxygens (including phenoxy) is 2. The third-order valence-corrected chi connectivity index (χ3v) is 5.46. The first-order valence-corrected chi connectivity index (χ1v) is 10.4. The maximum atomic E-state index is 11.7. The first-order chi connectivity index (χ1) is 13.7. The highest BCUT2D eigenvalue weighted by atomic mass is 127. The van der Waals surface area contributed by atoms with E-state index in [-0.39, 0.29) is 35.9 Å². The minimum atomic E-state index is -0.104. The molecule has 2 aliphatic rings. The van der Waals surface area contributed by atoms with Crippen LogP contribution >= 0.6 is 24.0 Å². The van der Waals surface area contributed by atoms with E-state index in [1.165, 1.54) is 20.0 Å². The molecule has 0 radical (unpaired) electrons. The van der Waals surface area contributed by atoms with Gasteiger partial charge in [0.2, 0.25) is 5.88 Å². The van der Waals surface area contributed by atoms with Crippen LogP contribution in [-0.2, 0) is 16.1 Å². The number of piperidine rings is 1. The summed E-state index contributed by atoms with van der Waals surface area (Å²) in [4.78, 5) is 23.1. The van der Waals surface area contributed by atoms with Crippen LogP contribution in [0.5, 0.6) is 5.88 Å². The zero-order valence-corrected chi connectivity index (χ0v) is 19.8. The number of aromatic nitrogens is 1. The molecule has 1 saturated carbocycles. The third-order valence-electron chi connectivity index (χ3n) is 5.46. The number of aliphatic imine (C=N–C) groups is 1. The van der Waals surface area contributed by atoms with Gasteiger partial charge in [-0.25, -0.2) is 9.98 Å². The van der Waals surface area contributed by atoms with E-state index < -0.39 is 0 Å². The molecule has 162 valence electrons. The Morgan fingerprint density at radius 1 is 1.28 bits per heavy atom. The van der Waals surface area contributed by atoms with Crippen molar-refractivity contribution in [2.24, 2.45) is 10.9 Å². The highest BCUT2D eigenvalue weighted by Gasteiger charge is 2.27. The summed E-state index contributed by atoms with van der Waals surface area (Å²) in [7, 11) is 1.46. The van der Waals surface area contributed by atoms with E-state index in [1.54, 1.807) is 6.20 Å². The van der Waals surface area contributed by atoms with Crippen LogP contribution in [0.4, 0.5) is 0 Å². The lowest BCUT2D eigenvalue weighted by Crippen LogP contribution is -2.46. The molecular formula is C21H33IN4O3. The Morgan fingerprint density at radius 2 is 2.00 bits per heavy atom. The van der Waals surface area contributed by atoms with Gasteiger partial charge in [0, 0.05) is 31.9 Å². The van der Waals surface area contributed by atoms with Crippen molar-refractivity contribution in [1.82, 2.24) is 15.2 Å². The second-order valence-corrected chi connectivity index (χ2v) is 7.48. The first-order valence-electron chi connectivity index (χ1n) is 10.4. The molecular weight excluding hydrogens is 483 g/mol. The fourth-order valence-corrected chi connectivity index (χ4v) is 3.88. The molecule has 1 aromatic rings. The zero-order valence-electron chi connectivity index (χ0n) is 17.4. The van der Waals surface area contributed by atoms with Crippen LogP contribution < -0.4 is 10.1 Å². The summed E-state index contributed by atoms with van der Waals surface area (Å²) in [6.45, 7) is 5.05. The average Bonchev–Trinajstić information content (AvgIpc) is 3.24. The molecule has 3 rings (SSSR count). The van der Waals surface area contributed by atoms with Crippen molar-refractivity contribution in [2.45, 2.75) is 58.1 Å². The Labute approximate surface area is 190 Å². The van der Waals surface area contributed by atoms with Gasteiger partial charge in [0.1, 0.15) is 6.10 Å². The maximum absolute atomic E-state index is 11.7. The number of carbonyl (C=O) groups excluding carboxylic acids is 1. The minimum absolute atomic E-state index is 0. The molecule has 2 heterocycles. The fraction of sp³-hybridized carbons (Fsp3) is 0.667. The Hall–Kier alpha value is -1.58. The van der Waals surface area contributed by atoms with Crippen LogP contribution in [0, 0.1) is 5.92 Å². The molecule has 1 N–H and O–H groups in total. The summed E-state index contributed by atoms with van der Waals surface area (Å²) < 4.78 is 10.9. The lowest BCUT2D eigenvalue weighted by atomic mass is 9.97. The smallest absolute Gasteiger partial charge is 0.308 e. The third kappa shape index (κ3) is 7.01. The van der Waals surface area contributed by atoms with E-state index in [1.807, 2.05) is 12.1 Å². The molecule has 1 aromatic heterocycles. The number of esters is 1. The molecule has 8 heteroatoms. The molecule has 1 aliphatic heterocycles. The number of halogens is 1. The predicted octanol–water partition coefficient (Wildman–Crippen LogP) is 3.37. The van der Waals surface area contributed by atoms with Gasteiger partial charge in [-0.15, -0.1) is 24.0 Å². The summed E-state index contributed by atoms with van der Waals surface area (Å²) in [5.74, 6) is 1.48. The number of pyridine rings is 1. The Morgan fingerprint density at radius 3 is 2.66 bits per heavy atom. The summed E-state index contributed by atoms with van der Waals surface area (Å²) >= 11 is 0. The standard InChI is InChI=1S/C21H32N4O3.HI/c1-3-22-21(25-12-9-17(10-13-25)20(26)27-2)24-15-16-8-11-23-19(14-16)28-18-6-4-5-7-18;/h8,11,14,17-18H,3-7,9-10,12-13,15H2,1-2H3,(H,22,24);1H. The normalized spacial score (nSPS) is 18.3. The number of hydrogen-bond donors (Lipinski definition) is 1. The van der Waals surface area contributed by atoms with E-state index in [9.17, 15) is 4.79 Å². The van der Waals surface area contributed by atoms with Crippen molar-refractivity contribution < 1.29 is 14.3 Å². The second-order valence-electron chi connectivity index (χ2n) is 7.48. The molecule has 0 unspecified atom stereocenters. The second kappa shape index (κ2) is 12.2. The monoisotopic (exact) mass is 516 g/mol. The van der Waals surface area contributed by atoms with Gasteiger partial charge < -0.3 is 19.7 Å². The lowest BCUT2D eigenvalue weighted by Gasteiger charge is -2.33. The molecule has 7 nitrogen and oxygen atoms in total. The molecule has 1 aliphatic carbocycles. The maximum Gasteiger partial charge on any atom is 0.308 e. The predicted molar refractivity (Wildman–Crippen MR) is 124 cm³/mol. The van der Waals surface area contributed by atoms with Crippen LogP contribution in [-0.4, -0.2) is 54.7 Å². The van der Waals surface area contributed by atoms with Gasteiger partial charge in [0.15, 0.2) is 5.96 Å². The van der Waals surface area contributed by atoms with E-state index in [4.69, 9.17) is 14.5 Å². The number of nitrogens with one attached hydrogen (secondary N) is 1. The van der Waals surface area contributed by atoms with Crippen molar-refractivity contribution in [3.05, 3.63) is 23.9 Å². The van der Waals surface area contributed by atoms with Gasteiger partial charge in [0.05, 0.1) is 19.6 Å². The lowest BCUT2D eigenvalue weighted by molar-refractivity contribution is -0.146. The summed E-state index contributed by atoms with van der Waals surface area (Å²) in [6.07, 6.45) is 8.42. The highest BCUT2D eigenvalue weighted by Crippen LogP contribution is 2.23. The topological polar surface area (TPSA) is 76.1 Å². The molecule has 0 bridgehead atoms. The van der Waals surface area contributed by atoms with Crippen molar-refractivity contribution in [3.8, 4) is 5.88 Å². The molecule has 2 fully saturated rings. The van der Waals surface area contributed by atoms with Crippen LogP contribution in [0.2, 0.25) is 0 Å². The average molecular weight is 516 g/mol. The van der Waals surface area contributed by atoms with Crippen molar-refractivity contribution in [1.29, 1.82) is 0 Å². The highest BCUT2D eigenvalue weighted by molar-refractivity contribution is 14.0. The van der Waals surface area contributed by atoms with E-state index in [0.717, 1.165) is 56.8 Å². The van der Waals surface area contributed by atoms with Crippen LogP contribution in [0.15, 0.2) is 23.3 Å².